The molecule has 0 atom stereocenters. The summed E-state index contributed by atoms with van der Waals surface area (Å²) in [5.41, 5.74) is 3.63. The van der Waals surface area contributed by atoms with E-state index in [1.54, 1.807) is 0 Å². The summed E-state index contributed by atoms with van der Waals surface area (Å²) >= 11 is 6.02. The molecular formula is C27H31ClN6. The number of anilines is 2. The Morgan fingerprint density at radius 2 is 1.71 bits per heavy atom. The predicted octanol–water partition coefficient (Wildman–Crippen LogP) is 4.68. The highest BCUT2D eigenvalue weighted by molar-refractivity contribution is 6.30. The molecule has 2 fully saturated rings. The first-order chi connectivity index (χ1) is 16.7. The molecule has 3 aromatic rings. The molecular weight excluding hydrogens is 444 g/mol. The fourth-order valence-corrected chi connectivity index (χ4v) is 5.26. The SMILES string of the molecule is N#Cc1c(NCc2ccc(Cl)cc2)nc2ccccc2c1N1CCC(NC2CCNCC2)CC1. The van der Waals surface area contributed by atoms with Gasteiger partial charge in [0, 0.05) is 42.1 Å². The lowest BCUT2D eigenvalue weighted by molar-refractivity contribution is 0.316. The number of hydrogen-bond donors (Lipinski definition) is 3. The number of nitrogens with one attached hydrogen (secondary N) is 3. The number of fused-ring (bicyclic) bond motifs is 1. The zero-order valence-electron chi connectivity index (χ0n) is 19.4. The summed E-state index contributed by atoms with van der Waals surface area (Å²) in [7, 11) is 0. The van der Waals surface area contributed by atoms with Crippen molar-refractivity contribution < 1.29 is 0 Å². The molecule has 0 bridgehead atoms. The second-order valence-corrected chi connectivity index (χ2v) is 9.68. The lowest BCUT2D eigenvalue weighted by Gasteiger charge is -2.37. The van der Waals surface area contributed by atoms with Gasteiger partial charge in [-0.3, -0.25) is 0 Å². The van der Waals surface area contributed by atoms with Crippen molar-refractivity contribution in [3.8, 4) is 6.07 Å². The molecule has 34 heavy (non-hydrogen) atoms. The molecule has 7 heteroatoms. The predicted molar refractivity (Wildman–Crippen MR) is 139 cm³/mol. The van der Waals surface area contributed by atoms with Crippen molar-refractivity contribution in [2.75, 3.05) is 36.4 Å². The van der Waals surface area contributed by atoms with Crippen LogP contribution in [-0.2, 0) is 6.54 Å². The first-order valence-corrected chi connectivity index (χ1v) is 12.6. The van der Waals surface area contributed by atoms with Crippen LogP contribution in [0.4, 0.5) is 11.5 Å². The highest BCUT2D eigenvalue weighted by atomic mass is 35.5. The summed E-state index contributed by atoms with van der Waals surface area (Å²) in [6.07, 6.45) is 4.57. The minimum Gasteiger partial charge on any atom is -0.370 e. The molecule has 0 spiro atoms. The number of aromatic nitrogens is 1. The van der Waals surface area contributed by atoms with Gasteiger partial charge < -0.3 is 20.9 Å². The molecule has 2 aliphatic heterocycles. The van der Waals surface area contributed by atoms with Crippen molar-refractivity contribution in [2.24, 2.45) is 0 Å². The third-order valence-electron chi connectivity index (χ3n) is 6.97. The third-order valence-corrected chi connectivity index (χ3v) is 7.22. The maximum Gasteiger partial charge on any atom is 0.147 e. The largest absolute Gasteiger partial charge is 0.370 e. The first kappa shape index (κ1) is 22.9. The number of hydrogen-bond acceptors (Lipinski definition) is 6. The van der Waals surface area contributed by atoms with Crippen LogP contribution in [0.3, 0.4) is 0 Å². The fraction of sp³-hybridized carbons (Fsp3) is 0.407. The molecule has 2 saturated heterocycles. The van der Waals surface area contributed by atoms with Crippen LogP contribution in [-0.4, -0.2) is 43.2 Å². The lowest BCUT2D eigenvalue weighted by atomic mass is 9.98. The van der Waals surface area contributed by atoms with Gasteiger partial charge in [-0.1, -0.05) is 41.9 Å². The molecule has 176 valence electrons. The van der Waals surface area contributed by atoms with E-state index >= 15 is 0 Å². The zero-order valence-corrected chi connectivity index (χ0v) is 20.1. The Hall–Kier alpha value is -2.85. The van der Waals surface area contributed by atoms with Gasteiger partial charge in [-0.05, 0) is 62.5 Å². The van der Waals surface area contributed by atoms with Gasteiger partial charge in [0.05, 0.1) is 11.2 Å². The van der Waals surface area contributed by atoms with Crippen molar-refractivity contribution in [3.05, 3.63) is 64.7 Å². The van der Waals surface area contributed by atoms with Crippen LogP contribution in [0.2, 0.25) is 5.02 Å². The van der Waals surface area contributed by atoms with Gasteiger partial charge in [0.15, 0.2) is 0 Å². The smallest absolute Gasteiger partial charge is 0.147 e. The second kappa shape index (κ2) is 10.6. The van der Waals surface area contributed by atoms with Crippen molar-refractivity contribution in [1.29, 1.82) is 5.26 Å². The number of para-hydroxylation sites is 1. The van der Waals surface area contributed by atoms with Crippen LogP contribution in [0.1, 0.15) is 36.8 Å². The van der Waals surface area contributed by atoms with E-state index in [9.17, 15) is 5.26 Å². The Morgan fingerprint density at radius 1 is 1.00 bits per heavy atom. The molecule has 1 aromatic heterocycles. The van der Waals surface area contributed by atoms with E-state index in [4.69, 9.17) is 16.6 Å². The number of nitrogens with zero attached hydrogens (tertiary/aromatic N) is 3. The normalized spacial score (nSPS) is 17.6. The highest BCUT2D eigenvalue weighted by Gasteiger charge is 2.26. The van der Waals surface area contributed by atoms with Gasteiger partial charge in [0.2, 0.25) is 0 Å². The monoisotopic (exact) mass is 474 g/mol. The van der Waals surface area contributed by atoms with E-state index in [0.717, 1.165) is 61.2 Å². The van der Waals surface area contributed by atoms with Gasteiger partial charge in [0.1, 0.15) is 17.5 Å². The van der Waals surface area contributed by atoms with Gasteiger partial charge in [-0.25, -0.2) is 4.98 Å². The van der Waals surface area contributed by atoms with E-state index in [2.05, 4.69) is 33.0 Å². The molecule has 0 radical (unpaired) electrons. The van der Waals surface area contributed by atoms with Crippen LogP contribution in [0.25, 0.3) is 10.9 Å². The molecule has 0 saturated carbocycles. The molecule has 2 aliphatic rings. The maximum absolute atomic E-state index is 10.2. The molecule has 5 rings (SSSR count). The zero-order chi connectivity index (χ0) is 23.3. The number of rotatable bonds is 6. The number of halogens is 1. The number of nitriles is 1. The van der Waals surface area contributed by atoms with Crippen LogP contribution in [0.5, 0.6) is 0 Å². The van der Waals surface area contributed by atoms with E-state index in [1.807, 2.05) is 42.5 Å². The van der Waals surface area contributed by atoms with E-state index in [-0.39, 0.29) is 0 Å². The van der Waals surface area contributed by atoms with E-state index in [1.165, 1.54) is 12.8 Å². The number of benzene rings is 2. The van der Waals surface area contributed by atoms with Crippen molar-refractivity contribution in [1.82, 2.24) is 15.6 Å². The minimum atomic E-state index is 0.542. The van der Waals surface area contributed by atoms with Gasteiger partial charge in [-0.15, -0.1) is 0 Å². The Balaban J connectivity index is 1.37. The fourth-order valence-electron chi connectivity index (χ4n) is 5.14. The topological polar surface area (TPSA) is 76.0 Å². The summed E-state index contributed by atoms with van der Waals surface area (Å²) < 4.78 is 0. The molecule has 6 nitrogen and oxygen atoms in total. The molecule has 0 unspecified atom stereocenters. The number of pyridine rings is 1. The number of piperidine rings is 2. The first-order valence-electron chi connectivity index (χ1n) is 12.2. The second-order valence-electron chi connectivity index (χ2n) is 9.25. The average Bonchev–Trinajstić information content (AvgIpc) is 2.88. The maximum atomic E-state index is 10.2. The average molecular weight is 475 g/mol. The van der Waals surface area contributed by atoms with Gasteiger partial charge in [0.25, 0.3) is 0 Å². The van der Waals surface area contributed by atoms with Gasteiger partial charge >= 0.3 is 0 Å². The van der Waals surface area contributed by atoms with Crippen molar-refractivity contribution >= 4 is 34.0 Å². The molecule has 0 amide bonds. The van der Waals surface area contributed by atoms with Crippen LogP contribution < -0.4 is 20.9 Å². The third kappa shape index (κ3) is 5.12. The summed E-state index contributed by atoms with van der Waals surface area (Å²) in [4.78, 5) is 7.21. The summed E-state index contributed by atoms with van der Waals surface area (Å²) in [5.74, 6) is 0.640. The molecule has 3 heterocycles. The summed E-state index contributed by atoms with van der Waals surface area (Å²) in [5, 5.41) is 22.7. The quantitative estimate of drug-likeness (QED) is 0.481. The molecule has 2 aromatic carbocycles. The summed E-state index contributed by atoms with van der Waals surface area (Å²) in [6, 6.07) is 19.5. The van der Waals surface area contributed by atoms with E-state index in [0.29, 0.717) is 35.0 Å². The standard InChI is InChI=1S/C27H31ClN6/c28-20-7-5-19(6-8-20)18-31-27-24(17-29)26(23-3-1-2-4-25(23)33-27)34-15-11-22(12-16-34)32-21-9-13-30-14-10-21/h1-8,21-22,30,32H,9-16,18H2,(H,31,33). The Kier molecular flexibility index (Phi) is 7.15. The van der Waals surface area contributed by atoms with Crippen molar-refractivity contribution in [3.63, 3.8) is 0 Å². The highest BCUT2D eigenvalue weighted by Crippen LogP contribution is 2.35. The van der Waals surface area contributed by atoms with Gasteiger partial charge in [-0.2, -0.15) is 5.26 Å². The minimum absolute atomic E-state index is 0.542. The molecule has 3 N–H and O–H groups in total. The lowest BCUT2D eigenvalue weighted by Crippen LogP contribution is -2.49. The Bertz CT molecular complexity index is 1160. The van der Waals surface area contributed by atoms with E-state index < -0.39 is 0 Å². The van der Waals surface area contributed by atoms with Crippen LogP contribution >= 0.6 is 11.6 Å². The molecule has 0 aliphatic carbocycles. The van der Waals surface area contributed by atoms with Crippen molar-refractivity contribution in [2.45, 2.75) is 44.3 Å². The van der Waals surface area contributed by atoms with Crippen LogP contribution in [0, 0.1) is 11.3 Å². The summed E-state index contributed by atoms with van der Waals surface area (Å²) in [6.45, 7) is 4.66. The Labute approximate surface area is 206 Å². The van der Waals surface area contributed by atoms with Crippen LogP contribution in [0.15, 0.2) is 48.5 Å². The Morgan fingerprint density at radius 3 is 2.44 bits per heavy atom.